The molecule has 0 aliphatic carbocycles. The standard InChI is InChI=1S/C8H14N4O/c1-4(2)6-7(11-12-10-6)8(13)5(3)9/h4-5H,9H2,1-3H3,(H,10,11,12). The van der Waals surface area contributed by atoms with Gasteiger partial charge in [-0.15, -0.1) is 0 Å². The number of hydrogen-bond donors (Lipinski definition) is 2. The van der Waals surface area contributed by atoms with E-state index in [4.69, 9.17) is 5.73 Å². The molecule has 3 N–H and O–H groups in total. The van der Waals surface area contributed by atoms with Crippen LogP contribution in [0.15, 0.2) is 0 Å². The number of nitrogens with zero attached hydrogens (tertiary/aromatic N) is 2. The first-order valence-corrected chi connectivity index (χ1v) is 4.24. The lowest BCUT2D eigenvalue weighted by Crippen LogP contribution is -2.28. The van der Waals surface area contributed by atoms with Gasteiger partial charge in [0.25, 0.3) is 0 Å². The zero-order valence-electron chi connectivity index (χ0n) is 8.03. The number of aromatic nitrogens is 3. The van der Waals surface area contributed by atoms with Crippen LogP contribution in [0.3, 0.4) is 0 Å². The van der Waals surface area contributed by atoms with Gasteiger partial charge in [0.1, 0.15) is 0 Å². The molecule has 0 saturated heterocycles. The van der Waals surface area contributed by atoms with E-state index in [1.165, 1.54) is 0 Å². The maximum atomic E-state index is 11.5. The van der Waals surface area contributed by atoms with Gasteiger partial charge < -0.3 is 5.73 Å². The van der Waals surface area contributed by atoms with Crippen molar-refractivity contribution in [3.8, 4) is 0 Å². The number of Topliss-reactive ketones (excluding diaryl/α,β-unsaturated/α-hetero) is 1. The van der Waals surface area contributed by atoms with E-state index in [9.17, 15) is 4.79 Å². The number of carbonyl (C=O) groups excluding carboxylic acids is 1. The largest absolute Gasteiger partial charge is 0.321 e. The number of H-pyrrole nitrogens is 1. The predicted molar refractivity (Wildman–Crippen MR) is 48.5 cm³/mol. The van der Waals surface area contributed by atoms with Crippen LogP contribution in [0.4, 0.5) is 0 Å². The zero-order chi connectivity index (χ0) is 10.0. The van der Waals surface area contributed by atoms with Gasteiger partial charge in [-0.05, 0) is 12.8 Å². The van der Waals surface area contributed by atoms with E-state index >= 15 is 0 Å². The van der Waals surface area contributed by atoms with Crippen LogP contribution in [0.1, 0.15) is 42.9 Å². The molecule has 0 bridgehead atoms. The summed E-state index contributed by atoms with van der Waals surface area (Å²) >= 11 is 0. The van der Waals surface area contributed by atoms with Gasteiger partial charge >= 0.3 is 0 Å². The molecule has 5 nitrogen and oxygen atoms in total. The summed E-state index contributed by atoms with van der Waals surface area (Å²) in [7, 11) is 0. The Bertz CT molecular complexity index is 303. The van der Waals surface area contributed by atoms with Crippen molar-refractivity contribution >= 4 is 5.78 Å². The normalized spacial score (nSPS) is 13.3. The van der Waals surface area contributed by atoms with Gasteiger partial charge in [0.05, 0.1) is 11.7 Å². The fourth-order valence-corrected chi connectivity index (χ4v) is 1.04. The SMILES string of the molecule is CC(N)C(=O)c1n[nH]nc1C(C)C. The van der Waals surface area contributed by atoms with Crippen molar-refractivity contribution in [1.29, 1.82) is 0 Å². The quantitative estimate of drug-likeness (QED) is 0.665. The fraction of sp³-hybridized carbons (Fsp3) is 0.625. The molecule has 0 spiro atoms. The van der Waals surface area contributed by atoms with Crippen molar-refractivity contribution in [1.82, 2.24) is 15.4 Å². The highest BCUT2D eigenvalue weighted by atomic mass is 16.1. The lowest BCUT2D eigenvalue weighted by molar-refractivity contribution is 0.0961. The second-order valence-corrected chi connectivity index (χ2v) is 3.37. The van der Waals surface area contributed by atoms with Crippen LogP contribution in [0.5, 0.6) is 0 Å². The third kappa shape index (κ3) is 1.92. The van der Waals surface area contributed by atoms with E-state index in [1.807, 2.05) is 13.8 Å². The molecule has 72 valence electrons. The summed E-state index contributed by atoms with van der Waals surface area (Å²) in [6, 6.07) is -0.525. The summed E-state index contributed by atoms with van der Waals surface area (Å²) < 4.78 is 0. The van der Waals surface area contributed by atoms with Crippen molar-refractivity contribution in [2.24, 2.45) is 5.73 Å². The molecule has 5 heteroatoms. The summed E-state index contributed by atoms with van der Waals surface area (Å²) in [5.74, 6) is 0.00824. The fourth-order valence-electron chi connectivity index (χ4n) is 1.04. The van der Waals surface area contributed by atoms with E-state index in [0.717, 1.165) is 0 Å². The summed E-state index contributed by atoms with van der Waals surface area (Å²) in [5.41, 5.74) is 6.51. The number of carbonyl (C=O) groups is 1. The van der Waals surface area contributed by atoms with E-state index in [0.29, 0.717) is 11.4 Å². The van der Waals surface area contributed by atoms with Gasteiger partial charge in [-0.3, -0.25) is 4.79 Å². The molecule has 0 aliphatic heterocycles. The molecule has 1 rings (SSSR count). The molecular weight excluding hydrogens is 168 g/mol. The molecule has 1 aromatic rings. The molecular formula is C8H14N4O. The maximum Gasteiger partial charge on any atom is 0.201 e. The van der Waals surface area contributed by atoms with E-state index < -0.39 is 6.04 Å². The molecule has 0 saturated carbocycles. The average molecular weight is 182 g/mol. The van der Waals surface area contributed by atoms with Gasteiger partial charge in [-0.1, -0.05) is 13.8 Å². The average Bonchev–Trinajstić information content (AvgIpc) is 2.50. The molecule has 1 heterocycles. The molecule has 0 amide bonds. The smallest absolute Gasteiger partial charge is 0.201 e. The predicted octanol–water partition coefficient (Wildman–Crippen LogP) is 0.458. The molecule has 1 atom stereocenters. The number of nitrogens with two attached hydrogens (primary N) is 1. The summed E-state index contributed by atoms with van der Waals surface area (Å²) in [6.07, 6.45) is 0. The van der Waals surface area contributed by atoms with Gasteiger partial charge in [0.2, 0.25) is 5.78 Å². The summed E-state index contributed by atoms with van der Waals surface area (Å²) in [5, 5.41) is 10.1. The topological polar surface area (TPSA) is 84.7 Å². The number of hydrogen-bond acceptors (Lipinski definition) is 4. The number of aromatic amines is 1. The molecule has 0 fully saturated rings. The molecule has 0 aromatic carbocycles. The highest BCUT2D eigenvalue weighted by Gasteiger charge is 2.20. The van der Waals surface area contributed by atoms with E-state index in [-0.39, 0.29) is 11.7 Å². The molecule has 1 aromatic heterocycles. The Balaban J connectivity index is 3.01. The van der Waals surface area contributed by atoms with Gasteiger partial charge in [-0.25, -0.2) is 0 Å². The Hall–Kier alpha value is -1.23. The van der Waals surface area contributed by atoms with Gasteiger partial charge in [0, 0.05) is 0 Å². The first-order chi connectivity index (χ1) is 6.04. The van der Waals surface area contributed by atoms with Gasteiger partial charge in [-0.2, -0.15) is 15.4 Å². The lowest BCUT2D eigenvalue weighted by Gasteiger charge is -2.04. The summed E-state index contributed by atoms with van der Waals surface area (Å²) in [4.78, 5) is 11.5. The Kier molecular flexibility index (Phi) is 2.77. The third-order valence-electron chi connectivity index (χ3n) is 1.77. The molecule has 1 unspecified atom stereocenters. The number of nitrogens with one attached hydrogen (secondary N) is 1. The number of ketones is 1. The second kappa shape index (κ2) is 3.66. The highest BCUT2D eigenvalue weighted by Crippen LogP contribution is 2.14. The summed E-state index contributed by atoms with van der Waals surface area (Å²) in [6.45, 7) is 5.55. The maximum absolute atomic E-state index is 11.5. The van der Waals surface area contributed by atoms with Crippen molar-refractivity contribution in [3.63, 3.8) is 0 Å². The van der Waals surface area contributed by atoms with Crippen LogP contribution in [0.25, 0.3) is 0 Å². The minimum atomic E-state index is -0.525. The van der Waals surface area contributed by atoms with Crippen LogP contribution < -0.4 is 5.73 Å². The van der Waals surface area contributed by atoms with Crippen molar-refractivity contribution < 1.29 is 4.79 Å². The van der Waals surface area contributed by atoms with Crippen LogP contribution in [-0.4, -0.2) is 27.2 Å². The Morgan fingerprint density at radius 3 is 2.46 bits per heavy atom. The van der Waals surface area contributed by atoms with E-state index in [2.05, 4.69) is 15.4 Å². The van der Waals surface area contributed by atoms with Crippen molar-refractivity contribution in [3.05, 3.63) is 11.4 Å². The molecule has 0 aliphatic rings. The Morgan fingerprint density at radius 2 is 2.00 bits per heavy atom. The van der Waals surface area contributed by atoms with Crippen LogP contribution in [0.2, 0.25) is 0 Å². The van der Waals surface area contributed by atoms with Gasteiger partial charge in [0.15, 0.2) is 5.69 Å². The van der Waals surface area contributed by atoms with Crippen LogP contribution >= 0.6 is 0 Å². The Labute approximate surface area is 76.7 Å². The minimum absolute atomic E-state index is 0.169. The zero-order valence-corrected chi connectivity index (χ0v) is 8.03. The molecule has 0 radical (unpaired) electrons. The second-order valence-electron chi connectivity index (χ2n) is 3.37. The lowest BCUT2D eigenvalue weighted by atomic mass is 10.0. The van der Waals surface area contributed by atoms with E-state index in [1.54, 1.807) is 6.92 Å². The first kappa shape index (κ1) is 9.85. The highest BCUT2D eigenvalue weighted by molar-refractivity contribution is 5.98. The van der Waals surface area contributed by atoms with Crippen molar-refractivity contribution in [2.75, 3.05) is 0 Å². The van der Waals surface area contributed by atoms with Crippen LogP contribution in [-0.2, 0) is 0 Å². The Morgan fingerprint density at radius 1 is 1.38 bits per heavy atom. The van der Waals surface area contributed by atoms with Crippen LogP contribution in [0, 0.1) is 0 Å². The third-order valence-corrected chi connectivity index (χ3v) is 1.77. The molecule has 13 heavy (non-hydrogen) atoms. The van der Waals surface area contributed by atoms with Crippen molar-refractivity contribution in [2.45, 2.75) is 32.7 Å². The monoisotopic (exact) mass is 182 g/mol. The number of rotatable bonds is 3. The minimum Gasteiger partial charge on any atom is -0.321 e. The first-order valence-electron chi connectivity index (χ1n) is 4.24.